The van der Waals surface area contributed by atoms with Crippen molar-refractivity contribution in [2.45, 2.75) is 24.1 Å². The van der Waals surface area contributed by atoms with E-state index in [1.165, 1.54) is 24.3 Å². The summed E-state index contributed by atoms with van der Waals surface area (Å²) >= 11 is 0. The molecule has 4 unspecified atom stereocenters. The number of rotatable bonds is 8. The Balaban J connectivity index is 1.31. The predicted octanol–water partition coefficient (Wildman–Crippen LogP) is 1.53. The van der Waals surface area contributed by atoms with Gasteiger partial charge in [0.1, 0.15) is 23.8 Å². The first kappa shape index (κ1) is 23.6. The van der Waals surface area contributed by atoms with Crippen molar-refractivity contribution in [3.63, 3.8) is 0 Å². The molecular formula is C23H23N3O7S. The Kier molecular flexibility index (Phi) is 7.03. The van der Waals surface area contributed by atoms with Gasteiger partial charge in [0.2, 0.25) is 0 Å². The topological polar surface area (TPSA) is 128 Å². The summed E-state index contributed by atoms with van der Waals surface area (Å²) in [5, 5.41) is 13.1. The molecule has 2 aromatic carbocycles. The van der Waals surface area contributed by atoms with Crippen LogP contribution in [0.3, 0.4) is 0 Å². The van der Waals surface area contributed by atoms with Gasteiger partial charge in [-0.2, -0.15) is 0 Å². The molecular weight excluding hydrogens is 462 g/mol. The number of para-hydroxylation sites is 1. The van der Waals surface area contributed by atoms with Crippen LogP contribution < -0.4 is 10.1 Å². The molecule has 178 valence electrons. The zero-order valence-corrected chi connectivity index (χ0v) is 18.9. The molecule has 4 rings (SSSR count). The number of carbonyl (C=O) groups excluding carboxylic acids is 2. The summed E-state index contributed by atoms with van der Waals surface area (Å²) in [6, 6.07) is 13.5. The van der Waals surface area contributed by atoms with Crippen LogP contribution in [0.1, 0.15) is 5.56 Å². The molecule has 2 aliphatic heterocycles. The number of nitro benzene ring substituents is 1. The number of amides is 1. The Bertz CT molecular complexity index is 1120. The second-order valence-corrected chi connectivity index (χ2v) is 9.51. The van der Waals surface area contributed by atoms with Gasteiger partial charge in [-0.15, -0.1) is 0 Å². The summed E-state index contributed by atoms with van der Waals surface area (Å²) in [5.41, 5.74) is 1.04. The fraction of sp³-hybridized carbons (Fsp3) is 0.304. The van der Waals surface area contributed by atoms with E-state index in [0.29, 0.717) is 23.4 Å². The van der Waals surface area contributed by atoms with Crippen LogP contribution in [0.15, 0.2) is 66.7 Å². The fourth-order valence-electron chi connectivity index (χ4n) is 3.96. The minimum absolute atomic E-state index is 0.0520. The second-order valence-electron chi connectivity index (χ2n) is 7.98. The summed E-state index contributed by atoms with van der Waals surface area (Å²) in [6.07, 6.45) is 0. The molecule has 2 saturated heterocycles. The summed E-state index contributed by atoms with van der Waals surface area (Å²) in [7, 11) is -1.33. The van der Waals surface area contributed by atoms with Crippen molar-refractivity contribution in [3.05, 3.63) is 82.4 Å². The van der Waals surface area contributed by atoms with Gasteiger partial charge in [0.15, 0.2) is 6.61 Å². The number of nitrogens with one attached hydrogen (secondary N) is 1. The van der Waals surface area contributed by atoms with Crippen LogP contribution in [0.25, 0.3) is 0 Å². The molecule has 0 radical (unpaired) electrons. The largest absolute Gasteiger partial charge is 0.484 e. The minimum Gasteiger partial charge on any atom is -0.484 e. The van der Waals surface area contributed by atoms with Crippen LogP contribution in [0, 0.1) is 10.1 Å². The van der Waals surface area contributed by atoms with Crippen molar-refractivity contribution in [2.24, 2.45) is 0 Å². The number of hydrogen-bond acceptors (Lipinski definition) is 8. The first-order valence-corrected chi connectivity index (χ1v) is 11.9. The smallest absolute Gasteiger partial charge is 0.328 e. The lowest BCUT2D eigenvalue weighted by molar-refractivity contribution is -0.384. The van der Waals surface area contributed by atoms with Gasteiger partial charge in [-0.1, -0.05) is 24.8 Å². The van der Waals surface area contributed by atoms with Crippen LogP contribution in [-0.4, -0.2) is 62.3 Å². The highest BCUT2D eigenvalue weighted by Crippen LogP contribution is 2.33. The lowest BCUT2D eigenvalue weighted by atomic mass is 9.99. The molecule has 0 saturated carbocycles. The highest BCUT2D eigenvalue weighted by molar-refractivity contribution is 7.86. The van der Waals surface area contributed by atoms with Gasteiger partial charge in [-0.05, 0) is 35.4 Å². The summed E-state index contributed by atoms with van der Waals surface area (Å²) < 4.78 is 23.5. The van der Waals surface area contributed by atoms with E-state index >= 15 is 0 Å². The average Bonchev–Trinajstić information content (AvgIpc) is 2.80. The molecule has 0 bridgehead atoms. The molecule has 2 aromatic rings. The molecule has 10 nitrogen and oxygen atoms in total. The van der Waals surface area contributed by atoms with E-state index < -0.39 is 33.1 Å². The number of esters is 1. The van der Waals surface area contributed by atoms with Crippen LogP contribution in [-0.2, 0) is 31.7 Å². The van der Waals surface area contributed by atoms with E-state index in [0.717, 1.165) is 0 Å². The van der Waals surface area contributed by atoms with Gasteiger partial charge in [-0.3, -0.25) is 24.0 Å². The van der Waals surface area contributed by atoms with Gasteiger partial charge in [-0.25, -0.2) is 4.79 Å². The van der Waals surface area contributed by atoms with E-state index in [1.54, 1.807) is 29.2 Å². The molecule has 11 heteroatoms. The number of fused-ring (bicyclic) bond motifs is 1. The Morgan fingerprint density at radius 1 is 1.18 bits per heavy atom. The van der Waals surface area contributed by atoms with Crippen molar-refractivity contribution >= 4 is 28.4 Å². The lowest BCUT2D eigenvalue weighted by Crippen LogP contribution is -2.74. The molecule has 0 spiro atoms. The maximum absolute atomic E-state index is 12.8. The van der Waals surface area contributed by atoms with Gasteiger partial charge in [0.05, 0.1) is 11.0 Å². The van der Waals surface area contributed by atoms with Gasteiger partial charge in [0.25, 0.3) is 11.6 Å². The number of benzene rings is 2. The summed E-state index contributed by atoms with van der Waals surface area (Å²) in [6.45, 7) is 4.00. The lowest BCUT2D eigenvalue weighted by Gasteiger charge is -2.53. The van der Waals surface area contributed by atoms with Crippen molar-refractivity contribution in [3.8, 4) is 5.75 Å². The molecule has 0 aromatic heterocycles. The standard InChI is InChI=1S/C23H23N3O7S/c1-15-14-34(31)22-19(24-20(27)13-32-18-5-3-2-4-6-18)11-25(22)21(15)23(28)33-12-16-7-9-17(10-8-16)26(29)30/h2-10,19,21-22H,1,11-14H2,(H,24,27). The van der Waals surface area contributed by atoms with E-state index in [4.69, 9.17) is 9.47 Å². The number of nitro groups is 1. The monoisotopic (exact) mass is 485 g/mol. The molecule has 1 N–H and O–H groups in total. The zero-order valence-electron chi connectivity index (χ0n) is 18.1. The average molecular weight is 486 g/mol. The first-order chi connectivity index (χ1) is 16.3. The Morgan fingerprint density at radius 3 is 2.56 bits per heavy atom. The van der Waals surface area contributed by atoms with E-state index in [1.807, 2.05) is 6.07 Å². The molecule has 2 fully saturated rings. The predicted molar refractivity (Wildman–Crippen MR) is 123 cm³/mol. The van der Waals surface area contributed by atoms with Crippen LogP contribution in [0.5, 0.6) is 5.75 Å². The number of carbonyl (C=O) groups is 2. The van der Waals surface area contributed by atoms with Crippen molar-refractivity contribution in [1.82, 2.24) is 10.2 Å². The second kappa shape index (κ2) is 10.1. The van der Waals surface area contributed by atoms with E-state index in [-0.39, 0.29) is 36.6 Å². The quantitative estimate of drug-likeness (QED) is 0.258. The minimum atomic E-state index is -1.33. The van der Waals surface area contributed by atoms with Crippen molar-refractivity contribution in [1.29, 1.82) is 0 Å². The zero-order chi connectivity index (χ0) is 24.2. The van der Waals surface area contributed by atoms with Gasteiger partial charge in [0, 0.05) is 35.2 Å². The highest BCUT2D eigenvalue weighted by Gasteiger charge is 2.53. The van der Waals surface area contributed by atoms with Crippen molar-refractivity contribution < 1.29 is 28.2 Å². The molecule has 34 heavy (non-hydrogen) atoms. The van der Waals surface area contributed by atoms with Crippen molar-refractivity contribution in [2.75, 3.05) is 18.9 Å². The fourth-order valence-corrected chi connectivity index (χ4v) is 5.69. The third kappa shape index (κ3) is 5.15. The first-order valence-electron chi connectivity index (χ1n) is 10.5. The maximum atomic E-state index is 12.8. The third-order valence-corrected chi connectivity index (χ3v) is 7.40. The maximum Gasteiger partial charge on any atom is 0.328 e. The Hall–Kier alpha value is -3.57. The Morgan fingerprint density at radius 2 is 1.88 bits per heavy atom. The SMILES string of the molecule is C=C1CS(=O)C2C(NC(=O)COc3ccccc3)CN2C1C(=O)OCc1ccc([N+](=O)[O-])cc1. The highest BCUT2D eigenvalue weighted by atomic mass is 32.2. The van der Waals surface area contributed by atoms with Crippen LogP contribution in [0.4, 0.5) is 5.69 Å². The molecule has 2 heterocycles. The molecule has 0 aliphatic carbocycles. The molecule has 2 aliphatic rings. The van der Waals surface area contributed by atoms with E-state index in [2.05, 4.69) is 11.9 Å². The molecule has 4 atom stereocenters. The summed E-state index contributed by atoms with van der Waals surface area (Å²) in [5.74, 6) is -0.179. The number of nitrogens with zero attached hydrogens (tertiary/aromatic N) is 2. The van der Waals surface area contributed by atoms with Crippen LogP contribution in [0.2, 0.25) is 0 Å². The van der Waals surface area contributed by atoms with Gasteiger partial charge >= 0.3 is 5.97 Å². The Labute approximate surface area is 198 Å². The summed E-state index contributed by atoms with van der Waals surface area (Å²) in [4.78, 5) is 37.1. The van der Waals surface area contributed by atoms with Gasteiger partial charge < -0.3 is 14.8 Å². The third-order valence-electron chi connectivity index (χ3n) is 5.60. The number of ether oxygens (including phenoxy) is 2. The van der Waals surface area contributed by atoms with Crippen LogP contribution >= 0.6 is 0 Å². The molecule has 1 amide bonds. The van der Waals surface area contributed by atoms with E-state index in [9.17, 15) is 23.9 Å². The number of hydrogen-bond donors (Lipinski definition) is 1. The normalized spacial score (nSPS) is 23.8. The number of non-ortho nitro benzene ring substituents is 1.